The van der Waals surface area contributed by atoms with E-state index in [1.807, 2.05) is 6.07 Å². The molecule has 0 aliphatic heterocycles. The monoisotopic (exact) mass is 198 g/mol. The number of rotatable bonds is 3. The minimum Gasteiger partial charge on any atom is -0.432 e. The van der Waals surface area contributed by atoms with Crippen LogP contribution in [0.2, 0.25) is 0 Å². The summed E-state index contributed by atoms with van der Waals surface area (Å²) >= 11 is 0. The third kappa shape index (κ3) is 2.68. The molecule has 3 nitrogen and oxygen atoms in total. The number of halogens is 2. The van der Waals surface area contributed by atoms with Gasteiger partial charge in [-0.05, 0) is 24.3 Å². The summed E-state index contributed by atoms with van der Waals surface area (Å²) in [4.78, 5) is 0. The van der Waals surface area contributed by atoms with E-state index in [1.165, 1.54) is 24.3 Å². The number of nitrogens with two attached hydrogens (primary N) is 1. The summed E-state index contributed by atoms with van der Waals surface area (Å²) < 4.78 is 29.5. The molecule has 0 unspecified atom stereocenters. The number of ether oxygens (including phenoxy) is 1. The second-order valence-electron chi connectivity index (χ2n) is 2.58. The zero-order valence-electron chi connectivity index (χ0n) is 7.21. The first-order valence-electron chi connectivity index (χ1n) is 3.84. The molecule has 2 N–H and O–H groups in total. The minimum absolute atomic E-state index is 0.0144. The van der Waals surface area contributed by atoms with Crippen molar-refractivity contribution in [3.63, 3.8) is 0 Å². The Bertz CT molecular complexity index is 343. The maximum atomic E-state index is 12.6. The van der Waals surface area contributed by atoms with Crippen molar-refractivity contribution in [2.45, 2.75) is 6.11 Å². The van der Waals surface area contributed by atoms with Gasteiger partial charge in [-0.25, -0.2) is 0 Å². The number of hydrogen-bond acceptors (Lipinski definition) is 3. The van der Waals surface area contributed by atoms with Gasteiger partial charge >= 0.3 is 6.11 Å². The predicted molar refractivity (Wildman–Crippen MR) is 45.8 cm³/mol. The lowest BCUT2D eigenvalue weighted by Gasteiger charge is -2.15. The molecule has 74 valence electrons. The molecular formula is C9H8F2N2O. The lowest BCUT2D eigenvalue weighted by atomic mass is 10.2. The van der Waals surface area contributed by atoms with E-state index in [2.05, 4.69) is 4.74 Å². The van der Waals surface area contributed by atoms with Crippen LogP contribution in [-0.4, -0.2) is 12.7 Å². The molecule has 0 atom stereocenters. The largest absolute Gasteiger partial charge is 0.432 e. The highest BCUT2D eigenvalue weighted by molar-refractivity contribution is 5.34. The molecule has 1 rings (SSSR count). The highest BCUT2D eigenvalue weighted by Crippen LogP contribution is 2.20. The van der Waals surface area contributed by atoms with Crippen LogP contribution in [0.15, 0.2) is 24.3 Å². The fraction of sp³-hybridized carbons (Fsp3) is 0.222. The normalized spacial score (nSPS) is 10.7. The minimum atomic E-state index is -3.37. The Labute approximate surface area is 79.7 Å². The maximum Gasteiger partial charge on any atom is 0.410 e. The Morgan fingerprint density at radius 1 is 1.36 bits per heavy atom. The van der Waals surface area contributed by atoms with Crippen LogP contribution < -0.4 is 10.5 Å². The molecule has 0 spiro atoms. The summed E-state index contributed by atoms with van der Waals surface area (Å²) in [5.74, 6) is -0.0144. The lowest BCUT2D eigenvalue weighted by molar-refractivity contribution is -0.166. The van der Waals surface area contributed by atoms with Gasteiger partial charge in [0, 0.05) is 0 Å². The fourth-order valence-corrected chi connectivity index (χ4v) is 0.812. The molecule has 0 aliphatic carbocycles. The van der Waals surface area contributed by atoms with E-state index in [9.17, 15) is 8.78 Å². The van der Waals surface area contributed by atoms with Gasteiger partial charge in [-0.2, -0.15) is 14.0 Å². The van der Waals surface area contributed by atoms with Gasteiger partial charge in [0.15, 0.2) is 0 Å². The molecule has 0 aromatic heterocycles. The molecule has 0 amide bonds. The Morgan fingerprint density at radius 3 is 2.36 bits per heavy atom. The van der Waals surface area contributed by atoms with Crippen LogP contribution in [0.1, 0.15) is 5.56 Å². The van der Waals surface area contributed by atoms with Crippen molar-refractivity contribution in [2.24, 2.45) is 5.73 Å². The van der Waals surface area contributed by atoms with Crippen LogP contribution in [0, 0.1) is 11.3 Å². The van der Waals surface area contributed by atoms with E-state index in [-0.39, 0.29) is 5.75 Å². The number of benzene rings is 1. The van der Waals surface area contributed by atoms with Gasteiger partial charge in [-0.1, -0.05) is 0 Å². The molecule has 0 saturated carbocycles. The highest BCUT2D eigenvalue weighted by atomic mass is 19.3. The van der Waals surface area contributed by atoms with E-state index in [0.29, 0.717) is 5.56 Å². The molecule has 0 aliphatic rings. The second kappa shape index (κ2) is 4.03. The van der Waals surface area contributed by atoms with Crippen LogP contribution in [0.4, 0.5) is 8.78 Å². The fourth-order valence-electron chi connectivity index (χ4n) is 0.812. The Balaban J connectivity index is 2.75. The smallest absolute Gasteiger partial charge is 0.410 e. The molecule has 0 bridgehead atoms. The van der Waals surface area contributed by atoms with Crippen molar-refractivity contribution in [3.8, 4) is 11.8 Å². The molecule has 0 heterocycles. The summed E-state index contributed by atoms with van der Waals surface area (Å²) in [7, 11) is 0. The van der Waals surface area contributed by atoms with Crippen molar-refractivity contribution in [1.82, 2.24) is 0 Å². The first-order chi connectivity index (χ1) is 6.57. The van der Waals surface area contributed by atoms with Crippen LogP contribution >= 0.6 is 0 Å². The number of alkyl halides is 2. The first-order valence-corrected chi connectivity index (χ1v) is 3.84. The Morgan fingerprint density at radius 2 is 1.93 bits per heavy atom. The van der Waals surface area contributed by atoms with E-state index >= 15 is 0 Å². The van der Waals surface area contributed by atoms with E-state index < -0.39 is 12.7 Å². The quantitative estimate of drug-likeness (QED) is 0.800. The SMILES string of the molecule is N#Cc1ccc(OC(F)(F)CN)cc1. The molecule has 1 aromatic carbocycles. The van der Waals surface area contributed by atoms with Crippen LogP contribution in [-0.2, 0) is 0 Å². The second-order valence-corrected chi connectivity index (χ2v) is 2.58. The molecule has 0 saturated heterocycles. The van der Waals surface area contributed by atoms with Gasteiger partial charge < -0.3 is 10.5 Å². The van der Waals surface area contributed by atoms with Crippen molar-refractivity contribution >= 4 is 0 Å². The van der Waals surface area contributed by atoms with Gasteiger partial charge in [-0.3, -0.25) is 0 Å². The van der Waals surface area contributed by atoms with Crippen molar-refractivity contribution in [3.05, 3.63) is 29.8 Å². The van der Waals surface area contributed by atoms with Crippen LogP contribution in [0.5, 0.6) is 5.75 Å². The van der Waals surface area contributed by atoms with Crippen molar-refractivity contribution < 1.29 is 13.5 Å². The summed E-state index contributed by atoms with van der Waals surface area (Å²) in [6, 6.07) is 7.23. The summed E-state index contributed by atoms with van der Waals surface area (Å²) in [5.41, 5.74) is 5.17. The topological polar surface area (TPSA) is 59.0 Å². The van der Waals surface area contributed by atoms with Gasteiger partial charge in [0.1, 0.15) is 5.75 Å². The molecular weight excluding hydrogens is 190 g/mol. The number of nitriles is 1. The predicted octanol–water partition coefficient (Wildman–Crippen LogP) is 1.49. The average Bonchev–Trinajstić information content (AvgIpc) is 2.19. The molecule has 0 fully saturated rings. The van der Waals surface area contributed by atoms with Gasteiger partial charge in [-0.15, -0.1) is 0 Å². The summed E-state index contributed by atoms with van der Waals surface area (Å²) in [5, 5.41) is 8.45. The van der Waals surface area contributed by atoms with Gasteiger partial charge in [0.2, 0.25) is 0 Å². The highest BCUT2D eigenvalue weighted by Gasteiger charge is 2.28. The standard InChI is InChI=1S/C9H8F2N2O/c10-9(11,6-13)14-8-3-1-7(5-12)2-4-8/h1-4H,6,13H2. The van der Waals surface area contributed by atoms with E-state index in [1.54, 1.807) is 0 Å². The van der Waals surface area contributed by atoms with E-state index in [4.69, 9.17) is 11.0 Å². The molecule has 1 aromatic rings. The number of nitrogens with zero attached hydrogens (tertiary/aromatic N) is 1. The summed E-state index contributed by atoms with van der Waals surface area (Å²) in [6.45, 7) is -0.882. The first kappa shape index (κ1) is 10.4. The summed E-state index contributed by atoms with van der Waals surface area (Å²) in [6.07, 6.45) is -3.37. The van der Waals surface area contributed by atoms with Crippen LogP contribution in [0.3, 0.4) is 0 Å². The van der Waals surface area contributed by atoms with Gasteiger partial charge in [0.05, 0.1) is 18.2 Å². The Hall–Kier alpha value is -1.67. The van der Waals surface area contributed by atoms with E-state index in [0.717, 1.165) is 0 Å². The molecule has 5 heteroatoms. The average molecular weight is 198 g/mol. The zero-order valence-corrected chi connectivity index (χ0v) is 7.21. The molecule has 14 heavy (non-hydrogen) atoms. The number of hydrogen-bond donors (Lipinski definition) is 1. The third-order valence-corrected chi connectivity index (χ3v) is 1.49. The Kier molecular flexibility index (Phi) is 2.99. The van der Waals surface area contributed by atoms with Crippen molar-refractivity contribution in [2.75, 3.05) is 6.54 Å². The van der Waals surface area contributed by atoms with Gasteiger partial charge in [0.25, 0.3) is 0 Å². The van der Waals surface area contributed by atoms with Crippen LogP contribution in [0.25, 0.3) is 0 Å². The maximum absolute atomic E-state index is 12.6. The lowest BCUT2D eigenvalue weighted by Crippen LogP contribution is -2.34. The van der Waals surface area contributed by atoms with Crippen molar-refractivity contribution in [1.29, 1.82) is 5.26 Å². The zero-order chi connectivity index (χ0) is 10.6. The molecule has 0 radical (unpaired) electrons. The third-order valence-electron chi connectivity index (χ3n) is 1.49.